The molecule has 1 saturated carbocycles. The number of nitrogens with one attached hydrogen (secondary N) is 1. The molecule has 0 radical (unpaired) electrons. The SMILES string of the molecule is COc1cc(C2C3=CCC4C(=O)N(c5ccc(C(C)=O)cc5)C(=O)C4C3CC3C(=O)N(Nc4ccc(F)cc4)C(=O)C32c2ccc(Cl)cc2)cc(OC)c1O. The van der Waals surface area contributed by atoms with Gasteiger partial charge in [0.1, 0.15) is 5.82 Å². The van der Waals surface area contributed by atoms with E-state index in [0.717, 1.165) is 9.91 Å². The highest BCUT2D eigenvalue weighted by atomic mass is 35.5. The normalized spacial score (nSPS) is 25.6. The zero-order valence-electron chi connectivity index (χ0n) is 29.9. The summed E-state index contributed by atoms with van der Waals surface area (Å²) in [5.41, 5.74) is 3.92. The summed E-state index contributed by atoms with van der Waals surface area (Å²) in [7, 11) is 2.76. The molecule has 0 bridgehead atoms. The summed E-state index contributed by atoms with van der Waals surface area (Å²) >= 11 is 6.38. The van der Waals surface area contributed by atoms with E-state index >= 15 is 4.79 Å². The molecule has 6 atom stereocenters. The molecule has 4 aromatic rings. The van der Waals surface area contributed by atoms with Gasteiger partial charge in [0.2, 0.25) is 17.6 Å². The maximum Gasteiger partial charge on any atom is 0.260 e. The number of aromatic hydroxyl groups is 1. The number of allylic oxidation sites excluding steroid dienone is 2. The van der Waals surface area contributed by atoms with Crippen molar-refractivity contribution in [3.05, 3.63) is 124 Å². The van der Waals surface area contributed by atoms with E-state index in [9.17, 15) is 28.7 Å². The number of hydrazine groups is 1. The van der Waals surface area contributed by atoms with Crippen LogP contribution in [0.1, 0.15) is 47.2 Å². The molecule has 3 fully saturated rings. The lowest BCUT2D eigenvalue weighted by Crippen LogP contribution is -2.53. The van der Waals surface area contributed by atoms with Crippen molar-refractivity contribution in [1.82, 2.24) is 5.01 Å². The fourth-order valence-corrected chi connectivity index (χ4v) is 9.34. The minimum atomic E-state index is -1.65. The first-order valence-electron chi connectivity index (χ1n) is 17.7. The minimum Gasteiger partial charge on any atom is -0.502 e. The molecular weight excluding hydrogens is 729 g/mol. The summed E-state index contributed by atoms with van der Waals surface area (Å²) in [6, 6.07) is 21.4. The van der Waals surface area contributed by atoms with E-state index in [-0.39, 0.29) is 41.6 Å². The Morgan fingerprint density at radius 2 is 1.51 bits per heavy atom. The Morgan fingerprint density at radius 1 is 0.873 bits per heavy atom. The van der Waals surface area contributed by atoms with Gasteiger partial charge in [-0.15, -0.1) is 0 Å². The van der Waals surface area contributed by atoms with E-state index in [0.29, 0.717) is 33.0 Å². The molecule has 13 heteroatoms. The predicted octanol–water partition coefficient (Wildman–Crippen LogP) is 6.59. The molecule has 4 amide bonds. The molecule has 2 aliphatic carbocycles. The number of nitrogens with zero attached hydrogens (tertiary/aromatic N) is 2. The lowest BCUT2D eigenvalue weighted by molar-refractivity contribution is -0.138. The van der Waals surface area contributed by atoms with Crippen LogP contribution in [-0.4, -0.2) is 53.7 Å². The van der Waals surface area contributed by atoms with Crippen LogP contribution in [0.5, 0.6) is 17.2 Å². The molecule has 280 valence electrons. The molecule has 2 aliphatic heterocycles. The molecular formula is C42H35ClFN3O8. The molecule has 11 nitrogen and oxygen atoms in total. The first kappa shape index (κ1) is 36.0. The second-order valence-electron chi connectivity index (χ2n) is 14.3. The van der Waals surface area contributed by atoms with Gasteiger partial charge in [-0.25, -0.2) is 4.39 Å². The van der Waals surface area contributed by atoms with E-state index in [4.69, 9.17) is 21.1 Å². The third-order valence-electron chi connectivity index (χ3n) is 11.6. The fourth-order valence-electron chi connectivity index (χ4n) is 9.21. The number of fused-ring (bicyclic) bond motifs is 4. The zero-order valence-corrected chi connectivity index (χ0v) is 30.7. The Bertz CT molecular complexity index is 2290. The number of phenols is 1. The number of rotatable bonds is 8. The number of halogens is 2. The number of anilines is 2. The van der Waals surface area contributed by atoms with Gasteiger partial charge in [-0.2, -0.15) is 5.01 Å². The van der Waals surface area contributed by atoms with Crippen LogP contribution in [0.2, 0.25) is 5.02 Å². The lowest BCUT2D eigenvalue weighted by atomic mass is 9.49. The topological polar surface area (TPSA) is 143 Å². The number of carbonyl (C=O) groups is 5. The van der Waals surface area contributed by atoms with Crippen LogP contribution < -0.4 is 19.8 Å². The smallest absolute Gasteiger partial charge is 0.260 e. The molecule has 2 N–H and O–H groups in total. The van der Waals surface area contributed by atoms with Crippen LogP contribution >= 0.6 is 11.6 Å². The average Bonchev–Trinajstić information content (AvgIpc) is 3.56. The van der Waals surface area contributed by atoms with Crippen molar-refractivity contribution in [3.63, 3.8) is 0 Å². The van der Waals surface area contributed by atoms with Gasteiger partial charge in [0.15, 0.2) is 17.3 Å². The van der Waals surface area contributed by atoms with Crippen molar-refractivity contribution in [3.8, 4) is 17.2 Å². The third-order valence-corrected chi connectivity index (χ3v) is 11.9. The number of amides is 4. The van der Waals surface area contributed by atoms with Crippen molar-refractivity contribution in [2.24, 2.45) is 23.7 Å². The van der Waals surface area contributed by atoms with E-state index < -0.39 is 64.5 Å². The second-order valence-corrected chi connectivity index (χ2v) is 14.7. The first-order valence-corrected chi connectivity index (χ1v) is 18.1. The molecule has 8 rings (SSSR count). The van der Waals surface area contributed by atoms with E-state index in [1.807, 2.05) is 6.08 Å². The highest BCUT2D eigenvalue weighted by Gasteiger charge is 2.70. The Hall–Kier alpha value is -6.01. The number of ether oxygens (including phenoxy) is 2. The summed E-state index contributed by atoms with van der Waals surface area (Å²) in [5, 5.41) is 12.3. The number of methoxy groups -OCH3 is 2. The van der Waals surface area contributed by atoms with Gasteiger partial charge >= 0.3 is 0 Å². The number of Topliss-reactive ketones (excluding diaryl/α,β-unsaturated/α-hetero) is 1. The van der Waals surface area contributed by atoms with E-state index in [1.165, 1.54) is 45.4 Å². The Kier molecular flexibility index (Phi) is 8.76. The largest absolute Gasteiger partial charge is 0.502 e. The van der Waals surface area contributed by atoms with Crippen molar-refractivity contribution in [2.45, 2.75) is 31.1 Å². The maximum atomic E-state index is 15.4. The van der Waals surface area contributed by atoms with Crippen LogP contribution in [0.3, 0.4) is 0 Å². The van der Waals surface area contributed by atoms with Crippen molar-refractivity contribution >= 4 is 52.4 Å². The van der Waals surface area contributed by atoms with Crippen LogP contribution in [0.4, 0.5) is 15.8 Å². The van der Waals surface area contributed by atoms with Crippen LogP contribution in [0.15, 0.2) is 96.6 Å². The summed E-state index contributed by atoms with van der Waals surface area (Å²) in [5.74, 6) is -7.20. The highest BCUT2D eigenvalue weighted by molar-refractivity contribution is 6.30. The number of benzene rings is 4. The zero-order chi connectivity index (χ0) is 38.9. The third kappa shape index (κ3) is 5.41. The first-order chi connectivity index (χ1) is 26.4. The number of ketones is 1. The monoisotopic (exact) mass is 763 g/mol. The maximum absolute atomic E-state index is 15.4. The molecule has 2 saturated heterocycles. The van der Waals surface area contributed by atoms with Gasteiger partial charge in [-0.1, -0.05) is 35.4 Å². The number of hydrogen-bond acceptors (Lipinski definition) is 9. The van der Waals surface area contributed by atoms with Crippen LogP contribution in [0, 0.1) is 29.5 Å². The summed E-state index contributed by atoms with van der Waals surface area (Å²) < 4.78 is 25.1. The Labute approximate surface area is 320 Å². The molecule has 55 heavy (non-hydrogen) atoms. The highest BCUT2D eigenvalue weighted by Crippen LogP contribution is 2.65. The summed E-state index contributed by atoms with van der Waals surface area (Å²) in [6.07, 6.45) is 2.10. The van der Waals surface area contributed by atoms with Crippen LogP contribution in [-0.2, 0) is 24.6 Å². The van der Waals surface area contributed by atoms with Crippen molar-refractivity contribution in [2.75, 3.05) is 24.5 Å². The van der Waals surface area contributed by atoms with Gasteiger partial charge in [-0.3, -0.25) is 34.3 Å². The Balaban J connectivity index is 1.33. The van der Waals surface area contributed by atoms with Crippen molar-refractivity contribution in [1.29, 1.82) is 0 Å². The van der Waals surface area contributed by atoms with Gasteiger partial charge in [0, 0.05) is 16.5 Å². The number of hydrogen-bond donors (Lipinski definition) is 2. The van der Waals surface area contributed by atoms with E-state index in [1.54, 1.807) is 60.7 Å². The molecule has 0 aromatic heterocycles. The second kappa shape index (κ2) is 13.4. The molecule has 2 heterocycles. The van der Waals surface area contributed by atoms with Crippen LogP contribution in [0.25, 0.3) is 0 Å². The van der Waals surface area contributed by atoms with Gasteiger partial charge in [-0.05, 0) is 110 Å². The minimum absolute atomic E-state index is 0.0286. The van der Waals surface area contributed by atoms with Crippen molar-refractivity contribution < 1.29 is 42.9 Å². The molecule has 4 aromatic carbocycles. The number of imide groups is 2. The molecule has 6 unspecified atom stereocenters. The predicted molar refractivity (Wildman–Crippen MR) is 199 cm³/mol. The van der Waals surface area contributed by atoms with Gasteiger partial charge < -0.3 is 14.6 Å². The number of carbonyl (C=O) groups excluding carboxylic acids is 5. The Morgan fingerprint density at radius 3 is 2.11 bits per heavy atom. The molecule has 0 spiro atoms. The quantitative estimate of drug-likeness (QED) is 0.115. The standard InChI is InChI=1S/C42H35ClFN3O8/c1-21(48)22-4-14-28(15-5-22)46-38(50)30-17-16-29-31(35(30)40(46)52)20-32-39(51)47(45-27-12-10-26(44)11-13-27)41(53)42(32,24-6-8-25(43)9-7-24)36(29)23-18-33(54-2)37(49)34(19-23)55-3/h4-16,18-19,30-32,35-36,45,49H,17,20H2,1-3H3. The summed E-state index contributed by atoms with van der Waals surface area (Å²) in [6.45, 7) is 1.43. The molecule has 4 aliphatic rings. The fraction of sp³-hybridized carbons (Fsp3) is 0.262. The van der Waals surface area contributed by atoms with Gasteiger partial charge in [0.25, 0.3) is 11.8 Å². The lowest BCUT2D eigenvalue weighted by Gasteiger charge is -2.50. The van der Waals surface area contributed by atoms with Gasteiger partial charge in [0.05, 0.1) is 48.8 Å². The number of phenolic OH excluding ortho intramolecular Hbond substituents is 1. The summed E-state index contributed by atoms with van der Waals surface area (Å²) in [4.78, 5) is 72.1. The average molecular weight is 764 g/mol. The van der Waals surface area contributed by atoms with E-state index in [2.05, 4.69) is 5.43 Å².